The van der Waals surface area contributed by atoms with Crippen LogP contribution >= 0.6 is 0 Å². The van der Waals surface area contributed by atoms with E-state index in [9.17, 15) is 12.8 Å². The lowest BCUT2D eigenvalue weighted by molar-refractivity contribution is 0.395. The summed E-state index contributed by atoms with van der Waals surface area (Å²) < 4.78 is 39.9. The quantitative estimate of drug-likeness (QED) is 0.883. The van der Waals surface area contributed by atoms with Crippen LogP contribution in [-0.4, -0.2) is 19.8 Å². The molecule has 0 spiro atoms. The Labute approximate surface area is 124 Å². The zero-order valence-corrected chi connectivity index (χ0v) is 12.6. The molecule has 2 N–H and O–H groups in total. The first-order valence-electron chi connectivity index (χ1n) is 6.42. The van der Waals surface area contributed by atoms with Crippen molar-refractivity contribution in [1.29, 1.82) is 0 Å². The van der Waals surface area contributed by atoms with Crippen LogP contribution in [0.15, 0.2) is 53.4 Å². The van der Waals surface area contributed by atoms with Crippen LogP contribution in [0.5, 0.6) is 0 Å². The van der Waals surface area contributed by atoms with E-state index in [1.807, 2.05) is 0 Å². The molecule has 0 saturated carbocycles. The van der Waals surface area contributed by atoms with E-state index >= 15 is 0 Å². The van der Waals surface area contributed by atoms with Crippen molar-refractivity contribution >= 4 is 15.7 Å². The summed E-state index contributed by atoms with van der Waals surface area (Å²) in [6, 6.07) is 11.8. The molecule has 0 bridgehead atoms. The lowest BCUT2D eigenvalue weighted by atomic mass is 10.1. The highest BCUT2D eigenvalue weighted by atomic mass is 32.2. The number of nitrogen functional groups attached to an aromatic ring is 1. The lowest BCUT2D eigenvalue weighted by Gasteiger charge is -2.25. The third-order valence-corrected chi connectivity index (χ3v) is 5.39. The van der Waals surface area contributed by atoms with Gasteiger partial charge in [0.1, 0.15) is 10.7 Å². The Morgan fingerprint density at radius 3 is 2.43 bits per heavy atom. The van der Waals surface area contributed by atoms with Crippen molar-refractivity contribution < 1.29 is 12.8 Å². The Morgan fingerprint density at radius 2 is 1.81 bits per heavy atom. The van der Waals surface area contributed by atoms with Gasteiger partial charge < -0.3 is 5.73 Å². The van der Waals surface area contributed by atoms with Gasteiger partial charge in [-0.25, -0.2) is 12.8 Å². The Balaban J connectivity index is 2.39. The minimum Gasteiger partial charge on any atom is -0.399 e. The zero-order valence-electron chi connectivity index (χ0n) is 11.8. The van der Waals surface area contributed by atoms with Gasteiger partial charge in [-0.3, -0.25) is 0 Å². The maximum Gasteiger partial charge on any atom is 0.246 e. The molecule has 0 fully saturated rings. The average molecular weight is 308 g/mol. The molecule has 21 heavy (non-hydrogen) atoms. The predicted octanol–water partition coefficient (Wildman–Crippen LogP) is 2.79. The number of halogens is 1. The SMILES string of the molecule is CC(c1cccc(N)c1)N(C)S(=O)(=O)c1ccccc1F. The van der Waals surface area contributed by atoms with E-state index in [1.165, 1.54) is 25.2 Å². The topological polar surface area (TPSA) is 63.4 Å². The summed E-state index contributed by atoms with van der Waals surface area (Å²) >= 11 is 0. The normalized spacial score (nSPS) is 13.3. The highest BCUT2D eigenvalue weighted by Gasteiger charge is 2.28. The van der Waals surface area contributed by atoms with Crippen molar-refractivity contribution in [2.75, 3.05) is 12.8 Å². The van der Waals surface area contributed by atoms with Crippen molar-refractivity contribution in [2.45, 2.75) is 17.9 Å². The van der Waals surface area contributed by atoms with Crippen molar-refractivity contribution in [1.82, 2.24) is 4.31 Å². The summed E-state index contributed by atoms with van der Waals surface area (Å²) in [5.41, 5.74) is 7.01. The third-order valence-electron chi connectivity index (χ3n) is 3.43. The van der Waals surface area contributed by atoms with Gasteiger partial charge in [0, 0.05) is 18.8 Å². The standard InChI is InChI=1S/C15H17FN2O2S/c1-11(12-6-5-7-13(17)10-12)18(2)21(19,20)15-9-4-3-8-14(15)16/h3-11H,17H2,1-2H3. The number of nitrogens with two attached hydrogens (primary N) is 1. The monoisotopic (exact) mass is 308 g/mol. The maximum absolute atomic E-state index is 13.7. The summed E-state index contributed by atoms with van der Waals surface area (Å²) in [7, 11) is -2.49. The van der Waals surface area contributed by atoms with Crippen molar-refractivity contribution in [3.05, 3.63) is 59.9 Å². The van der Waals surface area contributed by atoms with E-state index in [1.54, 1.807) is 31.2 Å². The first kappa shape index (κ1) is 15.5. The molecular weight excluding hydrogens is 291 g/mol. The molecule has 0 aliphatic carbocycles. The molecule has 0 amide bonds. The average Bonchev–Trinajstić information content (AvgIpc) is 2.46. The lowest BCUT2D eigenvalue weighted by Crippen LogP contribution is -2.30. The molecule has 2 aromatic rings. The highest BCUT2D eigenvalue weighted by Crippen LogP contribution is 2.27. The van der Waals surface area contributed by atoms with E-state index in [0.29, 0.717) is 5.69 Å². The minimum absolute atomic E-state index is 0.330. The molecule has 0 heterocycles. The molecule has 0 saturated heterocycles. The molecular formula is C15H17FN2O2S. The molecule has 0 aliphatic heterocycles. The summed E-state index contributed by atoms with van der Waals surface area (Å²) in [5, 5.41) is 0. The number of anilines is 1. The Bertz CT molecular complexity index is 747. The first-order chi connectivity index (χ1) is 9.84. The van der Waals surface area contributed by atoms with E-state index in [0.717, 1.165) is 15.9 Å². The number of nitrogens with zero attached hydrogens (tertiary/aromatic N) is 1. The summed E-state index contributed by atoms with van der Waals surface area (Å²) in [5.74, 6) is -0.760. The Kier molecular flexibility index (Phi) is 4.29. The van der Waals surface area contributed by atoms with Crippen LogP contribution in [0.25, 0.3) is 0 Å². The maximum atomic E-state index is 13.7. The van der Waals surface area contributed by atoms with Crippen LogP contribution in [-0.2, 0) is 10.0 Å². The van der Waals surface area contributed by atoms with E-state index in [4.69, 9.17) is 5.73 Å². The van der Waals surface area contributed by atoms with Gasteiger partial charge >= 0.3 is 0 Å². The molecule has 2 aromatic carbocycles. The smallest absolute Gasteiger partial charge is 0.246 e. The number of hydrogen-bond acceptors (Lipinski definition) is 3. The van der Waals surface area contributed by atoms with Gasteiger partial charge in [0.15, 0.2) is 0 Å². The molecule has 0 aromatic heterocycles. The minimum atomic E-state index is -3.91. The van der Waals surface area contributed by atoms with Gasteiger partial charge in [-0.2, -0.15) is 4.31 Å². The van der Waals surface area contributed by atoms with Crippen molar-refractivity contribution in [3.63, 3.8) is 0 Å². The fraction of sp³-hybridized carbons (Fsp3) is 0.200. The van der Waals surface area contributed by atoms with Gasteiger partial charge in [0.25, 0.3) is 0 Å². The molecule has 6 heteroatoms. The fourth-order valence-corrected chi connectivity index (χ4v) is 3.46. The van der Waals surface area contributed by atoms with Crippen LogP contribution in [0.4, 0.5) is 10.1 Å². The molecule has 1 atom stereocenters. The van der Waals surface area contributed by atoms with Crippen LogP contribution < -0.4 is 5.73 Å². The van der Waals surface area contributed by atoms with Crippen LogP contribution in [0.1, 0.15) is 18.5 Å². The Morgan fingerprint density at radius 1 is 1.14 bits per heavy atom. The van der Waals surface area contributed by atoms with Crippen LogP contribution in [0, 0.1) is 5.82 Å². The second-order valence-corrected chi connectivity index (χ2v) is 6.76. The third kappa shape index (κ3) is 3.06. The highest BCUT2D eigenvalue weighted by molar-refractivity contribution is 7.89. The second kappa shape index (κ2) is 5.83. The van der Waals surface area contributed by atoms with E-state index < -0.39 is 21.9 Å². The van der Waals surface area contributed by atoms with Crippen molar-refractivity contribution in [2.24, 2.45) is 0 Å². The van der Waals surface area contributed by atoms with E-state index in [-0.39, 0.29) is 4.90 Å². The first-order valence-corrected chi connectivity index (χ1v) is 7.86. The van der Waals surface area contributed by atoms with Crippen molar-refractivity contribution in [3.8, 4) is 0 Å². The number of benzene rings is 2. The van der Waals surface area contributed by atoms with Gasteiger partial charge in [0.05, 0.1) is 0 Å². The Hall–Kier alpha value is -1.92. The van der Waals surface area contributed by atoms with Gasteiger partial charge in [-0.1, -0.05) is 24.3 Å². The van der Waals surface area contributed by atoms with Gasteiger partial charge in [-0.05, 0) is 36.8 Å². The second-order valence-electron chi connectivity index (χ2n) is 4.80. The number of sulfonamides is 1. The molecule has 0 radical (unpaired) electrons. The van der Waals surface area contributed by atoms with Crippen LogP contribution in [0.3, 0.4) is 0 Å². The molecule has 2 rings (SSSR count). The van der Waals surface area contributed by atoms with E-state index in [2.05, 4.69) is 0 Å². The predicted molar refractivity (Wildman–Crippen MR) is 80.6 cm³/mol. The summed E-state index contributed by atoms with van der Waals surface area (Å²) in [4.78, 5) is -0.330. The zero-order chi connectivity index (χ0) is 15.6. The summed E-state index contributed by atoms with van der Waals surface area (Å²) in [6.45, 7) is 1.73. The van der Waals surface area contributed by atoms with Crippen LogP contribution in [0.2, 0.25) is 0 Å². The fourth-order valence-electron chi connectivity index (χ4n) is 2.05. The largest absolute Gasteiger partial charge is 0.399 e. The molecule has 1 unspecified atom stereocenters. The summed E-state index contributed by atoms with van der Waals surface area (Å²) in [6.07, 6.45) is 0. The van der Waals surface area contributed by atoms with Gasteiger partial charge in [0.2, 0.25) is 10.0 Å². The molecule has 0 aliphatic rings. The van der Waals surface area contributed by atoms with Gasteiger partial charge in [-0.15, -0.1) is 0 Å². The molecule has 4 nitrogen and oxygen atoms in total. The molecule has 112 valence electrons. The number of hydrogen-bond donors (Lipinski definition) is 1. The number of rotatable bonds is 4.